The van der Waals surface area contributed by atoms with E-state index in [1.54, 1.807) is 49.6 Å². The Morgan fingerprint density at radius 2 is 1.97 bits per heavy atom. The molecule has 0 aliphatic carbocycles. The number of halogens is 2. The third kappa shape index (κ3) is 4.39. The monoisotopic (exact) mass is 429 g/mol. The number of carbonyl (C=O) groups is 1. The molecule has 0 spiro atoms. The Bertz CT molecular complexity index is 1050. The largest absolute Gasteiger partial charge is 0.479 e. The second-order valence-electron chi connectivity index (χ2n) is 6.46. The summed E-state index contributed by atoms with van der Waals surface area (Å²) in [6, 6.07) is 14.0. The molecular formula is C21H17Cl2N3O3. The van der Waals surface area contributed by atoms with Gasteiger partial charge in [-0.25, -0.2) is 0 Å². The predicted molar refractivity (Wildman–Crippen MR) is 113 cm³/mol. The van der Waals surface area contributed by atoms with E-state index in [2.05, 4.69) is 15.6 Å². The van der Waals surface area contributed by atoms with E-state index in [9.17, 15) is 4.79 Å². The number of nitrogens with one attached hydrogen (secondary N) is 2. The van der Waals surface area contributed by atoms with Crippen molar-refractivity contribution in [1.29, 1.82) is 0 Å². The van der Waals surface area contributed by atoms with Crippen molar-refractivity contribution >= 4 is 40.5 Å². The summed E-state index contributed by atoms with van der Waals surface area (Å²) in [6.07, 6.45) is 2.37. The van der Waals surface area contributed by atoms with E-state index in [1.165, 1.54) is 0 Å². The molecule has 3 aromatic rings. The Kier molecular flexibility index (Phi) is 5.47. The molecule has 1 aromatic heterocycles. The fourth-order valence-corrected chi connectivity index (χ4v) is 3.32. The first-order valence-electron chi connectivity index (χ1n) is 8.89. The van der Waals surface area contributed by atoms with E-state index in [0.29, 0.717) is 27.2 Å². The topological polar surface area (TPSA) is 72.5 Å². The summed E-state index contributed by atoms with van der Waals surface area (Å²) in [5.41, 5.74) is 2.38. The van der Waals surface area contributed by atoms with E-state index in [-0.39, 0.29) is 12.1 Å². The highest BCUT2D eigenvalue weighted by atomic mass is 35.5. The standard InChI is InChI=1S/C21H17Cl2N3O3/c1-12(28-18-4-2-14(22)10-16(18)23)20(27)25-15-3-5-19-17(11-15)26-21(29-19)13-6-8-24-9-7-13/h2-12,21,26H,1H3,(H,25,27)/t12-,21-/m0/s1. The molecule has 2 heterocycles. The lowest BCUT2D eigenvalue weighted by atomic mass is 10.2. The molecule has 0 fully saturated rings. The number of anilines is 2. The first kappa shape index (κ1) is 19.4. The van der Waals surface area contributed by atoms with Crippen molar-refractivity contribution in [3.8, 4) is 11.5 Å². The van der Waals surface area contributed by atoms with Crippen molar-refractivity contribution < 1.29 is 14.3 Å². The molecule has 0 saturated carbocycles. The van der Waals surface area contributed by atoms with Gasteiger partial charge in [0.25, 0.3) is 5.91 Å². The Balaban J connectivity index is 1.41. The van der Waals surface area contributed by atoms with Gasteiger partial charge in [0.2, 0.25) is 0 Å². The summed E-state index contributed by atoms with van der Waals surface area (Å²) in [5, 5.41) is 6.97. The average molecular weight is 430 g/mol. The van der Waals surface area contributed by atoms with Crippen molar-refractivity contribution in [2.24, 2.45) is 0 Å². The van der Waals surface area contributed by atoms with Crippen LogP contribution in [0.25, 0.3) is 0 Å². The molecule has 1 amide bonds. The van der Waals surface area contributed by atoms with Gasteiger partial charge in [-0.1, -0.05) is 23.2 Å². The number of hydrogen-bond acceptors (Lipinski definition) is 5. The van der Waals surface area contributed by atoms with Crippen LogP contribution >= 0.6 is 23.2 Å². The van der Waals surface area contributed by atoms with Gasteiger partial charge in [0.1, 0.15) is 11.5 Å². The maximum atomic E-state index is 12.5. The molecule has 2 aromatic carbocycles. The Morgan fingerprint density at radius 1 is 1.17 bits per heavy atom. The van der Waals surface area contributed by atoms with Crippen molar-refractivity contribution in [3.05, 3.63) is 76.5 Å². The number of benzene rings is 2. The lowest BCUT2D eigenvalue weighted by molar-refractivity contribution is -0.122. The van der Waals surface area contributed by atoms with Crippen LogP contribution < -0.4 is 20.1 Å². The summed E-state index contributed by atoms with van der Waals surface area (Å²) in [4.78, 5) is 16.5. The van der Waals surface area contributed by atoms with Crippen molar-refractivity contribution in [3.63, 3.8) is 0 Å². The number of nitrogens with zero attached hydrogens (tertiary/aromatic N) is 1. The van der Waals surface area contributed by atoms with Crippen molar-refractivity contribution in [2.45, 2.75) is 19.3 Å². The smallest absolute Gasteiger partial charge is 0.265 e. The number of carbonyl (C=O) groups excluding carboxylic acids is 1. The van der Waals surface area contributed by atoms with Crippen molar-refractivity contribution in [2.75, 3.05) is 10.6 Å². The molecule has 0 unspecified atom stereocenters. The lowest BCUT2D eigenvalue weighted by Gasteiger charge is -2.16. The number of amides is 1. The molecule has 1 aliphatic heterocycles. The van der Waals surface area contributed by atoms with Crippen LogP contribution in [0.3, 0.4) is 0 Å². The maximum Gasteiger partial charge on any atom is 0.265 e. The Morgan fingerprint density at radius 3 is 2.72 bits per heavy atom. The molecule has 148 valence electrons. The van der Waals surface area contributed by atoms with E-state index < -0.39 is 6.10 Å². The second kappa shape index (κ2) is 8.19. The number of aromatic nitrogens is 1. The van der Waals surface area contributed by atoms with Crippen LogP contribution in [0.2, 0.25) is 10.0 Å². The molecule has 2 N–H and O–H groups in total. The van der Waals surface area contributed by atoms with Crippen LogP contribution in [0, 0.1) is 0 Å². The number of pyridine rings is 1. The highest BCUT2D eigenvalue weighted by Gasteiger charge is 2.24. The number of ether oxygens (including phenoxy) is 2. The summed E-state index contributed by atoms with van der Waals surface area (Å²) in [5.74, 6) is 0.797. The average Bonchev–Trinajstić information content (AvgIpc) is 3.14. The van der Waals surface area contributed by atoms with E-state index in [0.717, 1.165) is 11.3 Å². The number of fused-ring (bicyclic) bond motifs is 1. The van der Waals surface area contributed by atoms with Crippen LogP contribution in [-0.2, 0) is 4.79 Å². The van der Waals surface area contributed by atoms with Gasteiger partial charge in [0.15, 0.2) is 12.3 Å². The van der Waals surface area contributed by atoms with Gasteiger partial charge >= 0.3 is 0 Å². The third-order valence-corrected chi connectivity index (χ3v) is 4.88. The zero-order valence-electron chi connectivity index (χ0n) is 15.4. The van der Waals surface area contributed by atoms with Gasteiger partial charge in [-0.2, -0.15) is 0 Å². The molecule has 8 heteroatoms. The fourth-order valence-electron chi connectivity index (χ4n) is 2.87. The second-order valence-corrected chi connectivity index (χ2v) is 7.30. The van der Waals surface area contributed by atoms with Crippen LogP contribution in [0.5, 0.6) is 11.5 Å². The van der Waals surface area contributed by atoms with Crippen LogP contribution in [0.1, 0.15) is 18.7 Å². The molecular weight excluding hydrogens is 413 g/mol. The first-order valence-corrected chi connectivity index (χ1v) is 9.65. The summed E-state index contributed by atoms with van der Waals surface area (Å²) in [6.45, 7) is 1.65. The van der Waals surface area contributed by atoms with Crippen LogP contribution in [0.4, 0.5) is 11.4 Å². The van der Waals surface area contributed by atoms with Gasteiger partial charge in [0.05, 0.1) is 10.7 Å². The first-order chi connectivity index (χ1) is 14.0. The van der Waals surface area contributed by atoms with Gasteiger partial charge < -0.3 is 20.1 Å². The molecule has 0 radical (unpaired) electrons. The van der Waals surface area contributed by atoms with Gasteiger partial charge in [-0.15, -0.1) is 0 Å². The zero-order chi connectivity index (χ0) is 20.4. The highest BCUT2D eigenvalue weighted by molar-refractivity contribution is 6.35. The molecule has 29 heavy (non-hydrogen) atoms. The predicted octanol–water partition coefficient (Wildman–Crippen LogP) is 5.30. The minimum absolute atomic E-state index is 0.298. The van der Waals surface area contributed by atoms with Crippen LogP contribution in [0.15, 0.2) is 60.9 Å². The van der Waals surface area contributed by atoms with Gasteiger partial charge in [-0.05, 0) is 55.5 Å². The minimum atomic E-state index is -0.754. The highest BCUT2D eigenvalue weighted by Crippen LogP contribution is 2.39. The summed E-state index contributed by atoms with van der Waals surface area (Å²) < 4.78 is 11.6. The van der Waals surface area contributed by atoms with E-state index >= 15 is 0 Å². The molecule has 6 nitrogen and oxygen atoms in total. The van der Waals surface area contributed by atoms with E-state index in [1.807, 2.05) is 18.2 Å². The molecule has 0 saturated heterocycles. The normalized spacial score (nSPS) is 15.6. The Hall–Kier alpha value is -2.96. The maximum absolute atomic E-state index is 12.5. The summed E-state index contributed by atoms with van der Waals surface area (Å²) in [7, 11) is 0. The van der Waals surface area contributed by atoms with Crippen molar-refractivity contribution in [1.82, 2.24) is 4.98 Å². The molecule has 2 atom stereocenters. The minimum Gasteiger partial charge on any atom is -0.479 e. The quantitative estimate of drug-likeness (QED) is 0.575. The molecule has 4 rings (SSSR count). The number of rotatable bonds is 5. The van der Waals surface area contributed by atoms with Crippen LogP contribution in [-0.4, -0.2) is 17.0 Å². The number of hydrogen-bond donors (Lipinski definition) is 2. The summed E-state index contributed by atoms with van der Waals surface area (Å²) >= 11 is 12.0. The zero-order valence-corrected chi connectivity index (χ0v) is 16.9. The fraction of sp³-hybridized carbons (Fsp3) is 0.143. The Labute approximate surface area is 177 Å². The van der Waals surface area contributed by atoms with E-state index in [4.69, 9.17) is 32.7 Å². The molecule has 0 bridgehead atoms. The van der Waals surface area contributed by atoms with Gasteiger partial charge in [-0.3, -0.25) is 9.78 Å². The molecule has 1 aliphatic rings. The lowest BCUT2D eigenvalue weighted by Crippen LogP contribution is -2.30. The SMILES string of the molecule is C[C@H](Oc1ccc(Cl)cc1Cl)C(=O)Nc1ccc2c(c1)N[C@H](c1ccncc1)O2. The van der Waals surface area contributed by atoms with Gasteiger partial charge in [0, 0.05) is 28.7 Å². The third-order valence-electron chi connectivity index (χ3n) is 4.35.